The van der Waals surface area contributed by atoms with Gasteiger partial charge in [0.05, 0.1) is 18.2 Å². The number of aliphatic hydroxyl groups is 2. The first-order valence-electron chi connectivity index (χ1n) is 9.30. The molecule has 5 nitrogen and oxygen atoms in total. The standard InChI is InChI=1S/C20H26N2O3S2/c1-26-15-8-6-14(7-9-15)16(10-13-4-2-3-5-13)19(25)22-20-21-17(12-27-20)18(24)11-23/h6-9,12-13,16,18,23-24H,2-5,10-11H2,1H3,(H,21,22,25). The van der Waals surface area contributed by atoms with Gasteiger partial charge < -0.3 is 15.5 Å². The largest absolute Gasteiger partial charge is 0.393 e. The zero-order valence-corrected chi connectivity index (χ0v) is 17.1. The van der Waals surface area contributed by atoms with Gasteiger partial charge in [0.25, 0.3) is 0 Å². The molecule has 1 aromatic carbocycles. The Balaban J connectivity index is 1.75. The van der Waals surface area contributed by atoms with Crippen LogP contribution in [0.15, 0.2) is 34.5 Å². The van der Waals surface area contributed by atoms with E-state index in [0.717, 1.165) is 12.0 Å². The van der Waals surface area contributed by atoms with Crippen molar-refractivity contribution in [2.75, 3.05) is 18.2 Å². The molecule has 2 aromatic rings. The smallest absolute Gasteiger partial charge is 0.233 e. The summed E-state index contributed by atoms with van der Waals surface area (Å²) in [5.41, 5.74) is 1.42. The normalized spacial score (nSPS) is 17.0. The minimum Gasteiger partial charge on any atom is -0.393 e. The number of amides is 1. The lowest BCUT2D eigenvalue weighted by Crippen LogP contribution is -2.23. The Bertz CT molecular complexity index is 742. The van der Waals surface area contributed by atoms with Crippen LogP contribution in [0.25, 0.3) is 0 Å². The van der Waals surface area contributed by atoms with Crippen LogP contribution in [-0.4, -0.2) is 34.0 Å². The van der Waals surface area contributed by atoms with Crippen LogP contribution >= 0.6 is 23.1 Å². The molecule has 1 amide bonds. The van der Waals surface area contributed by atoms with Crippen LogP contribution in [0.3, 0.4) is 0 Å². The summed E-state index contributed by atoms with van der Waals surface area (Å²) >= 11 is 2.95. The van der Waals surface area contributed by atoms with E-state index in [1.807, 2.05) is 18.4 Å². The van der Waals surface area contributed by atoms with E-state index in [2.05, 4.69) is 22.4 Å². The van der Waals surface area contributed by atoms with Gasteiger partial charge in [-0.3, -0.25) is 4.79 Å². The molecular weight excluding hydrogens is 380 g/mol. The predicted octanol–water partition coefficient (Wildman–Crippen LogP) is 4.19. The summed E-state index contributed by atoms with van der Waals surface area (Å²) in [7, 11) is 0. The van der Waals surface area contributed by atoms with Gasteiger partial charge in [-0.2, -0.15) is 0 Å². The molecule has 27 heavy (non-hydrogen) atoms. The third kappa shape index (κ3) is 5.31. The second-order valence-electron chi connectivity index (χ2n) is 6.98. The Hall–Kier alpha value is -1.41. The number of nitrogens with one attached hydrogen (secondary N) is 1. The second kappa shape index (κ2) is 9.68. The van der Waals surface area contributed by atoms with Crippen LogP contribution in [0, 0.1) is 5.92 Å². The minimum atomic E-state index is -1.01. The van der Waals surface area contributed by atoms with Crippen molar-refractivity contribution < 1.29 is 15.0 Å². The first kappa shape index (κ1) is 20.3. The Morgan fingerprint density at radius 3 is 2.67 bits per heavy atom. The van der Waals surface area contributed by atoms with Crippen LogP contribution < -0.4 is 5.32 Å². The lowest BCUT2D eigenvalue weighted by Gasteiger charge is -2.20. The average Bonchev–Trinajstić information content (AvgIpc) is 3.37. The SMILES string of the molecule is CSc1ccc(C(CC2CCCC2)C(=O)Nc2nc(C(O)CO)cs2)cc1. The van der Waals surface area contributed by atoms with Gasteiger partial charge >= 0.3 is 0 Å². The molecule has 0 aliphatic heterocycles. The zero-order chi connectivity index (χ0) is 19.2. The van der Waals surface area contributed by atoms with Gasteiger partial charge in [0.15, 0.2) is 5.13 Å². The van der Waals surface area contributed by atoms with E-state index in [1.54, 1.807) is 17.1 Å². The number of carbonyl (C=O) groups excluding carboxylic acids is 1. The van der Waals surface area contributed by atoms with Gasteiger partial charge in [-0.1, -0.05) is 37.8 Å². The van der Waals surface area contributed by atoms with Gasteiger partial charge in [-0.15, -0.1) is 23.1 Å². The molecule has 1 heterocycles. The van der Waals surface area contributed by atoms with Crippen molar-refractivity contribution in [1.29, 1.82) is 0 Å². The first-order chi connectivity index (χ1) is 13.1. The molecule has 0 saturated heterocycles. The molecule has 1 aromatic heterocycles. The Morgan fingerprint density at radius 2 is 2.04 bits per heavy atom. The quantitative estimate of drug-likeness (QED) is 0.573. The number of aromatic nitrogens is 1. The summed E-state index contributed by atoms with van der Waals surface area (Å²) in [4.78, 5) is 18.5. The molecule has 2 unspecified atom stereocenters. The van der Waals surface area contributed by atoms with Crippen molar-refractivity contribution >= 4 is 34.1 Å². The fourth-order valence-corrected chi connectivity index (χ4v) is 4.76. The molecule has 3 rings (SSSR count). The van der Waals surface area contributed by atoms with Crippen molar-refractivity contribution in [2.45, 2.75) is 49.0 Å². The number of thioether (sulfide) groups is 1. The van der Waals surface area contributed by atoms with Crippen molar-refractivity contribution in [3.05, 3.63) is 40.9 Å². The number of rotatable bonds is 8. The molecule has 7 heteroatoms. The Labute approximate surface area is 168 Å². The number of benzene rings is 1. The monoisotopic (exact) mass is 406 g/mol. The van der Waals surface area contributed by atoms with E-state index in [0.29, 0.717) is 16.7 Å². The number of carbonyl (C=O) groups is 1. The van der Waals surface area contributed by atoms with Crippen LogP contribution in [0.2, 0.25) is 0 Å². The molecule has 2 atom stereocenters. The second-order valence-corrected chi connectivity index (χ2v) is 8.71. The van der Waals surface area contributed by atoms with Crippen molar-refractivity contribution in [3.63, 3.8) is 0 Å². The number of aliphatic hydroxyl groups excluding tert-OH is 2. The Kier molecular flexibility index (Phi) is 7.29. The number of anilines is 1. The summed E-state index contributed by atoms with van der Waals surface area (Å²) in [5.74, 6) is 0.321. The van der Waals surface area contributed by atoms with Crippen LogP contribution in [0.1, 0.15) is 55.4 Å². The third-order valence-electron chi connectivity index (χ3n) is 5.14. The molecule has 3 N–H and O–H groups in total. The molecule has 0 spiro atoms. The molecule has 0 bridgehead atoms. The van der Waals surface area contributed by atoms with E-state index in [4.69, 9.17) is 5.11 Å². The molecular formula is C20H26N2O3S2. The number of thiazole rings is 1. The highest BCUT2D eigenvalue weighted by atomic mass is 32.2. The van der Waals surface area contributed by atoms with Gasteiger partial charge in [-0.25, -0.2) is 4.98 Å². The van der Waals surface area contributed by atoms with Crippen molar-refractivity contribution in [3.8, 4) is 0 Å². The van der Waals surface area contributed by atoms with Gasteiger partial charge in [-0.05, 0) is 36.3 Å². The topological polar surface area (TPSA) is 82.5 Å². The number of hydrogen-bond acceptors (Lipinski definition) is 6. The summed E-state index contributed by atoms with van der Waals surface area (Å²) in [6.07, 6.45) is 6.76. The zero-order valence-electron chi connectivity index (χ0n) is 15.4. The summed E-state index contributed by atoms with van der Waals surface area (Å²) in [6.45, 7) is -0.386. The lowest BCUT2D eigenvalue weighted by atomic mass is 9.87. The van der Waals surface area contributed by atoms with Crippen molar-refractivity contribution in [2.24, 2.45) is 5.92 Å². The summed E-state index contributed by atoms with van der Waals surface area (Å²) < 4.78 is 0. The summed E-state index contributed by atoms with van der Waals surface area (Å²) in [5, 5.41) is 23.8. The van der Waals surface area contributed by atoms with Crippen LogP contribution in [-0.2, 0) is 4.79 Å². The number of nitrogens with zero attached hydrogens (tertiary/aromatic N) is 1. The Morgan fingerprint density at radius 1 is 1.33 bits per heavy atom. The third-order valence-corrected chi connectivity index (χ3v) is 6.66. The average molecular weight is 407 g/mol. The van der Waals surface area contributed by atoms with E-state index in [9.17, 15) is 9.90 Å². The molecule has 0 radical (unpaired) electrons. The fraction of sp³-hybridized carbons (Fsp3) is 0.500. The highest BCUT2D eigenvalue weighted by Gasteiger charge is 2.27. The van der Waals surface area contributed by atoms with E-state index in [1.165, 1.54) is 41.9 Å². The van der Waals surface area contributed by atoms with E-state index < -0.39 is 6.10 Å². The molecule has 1 fully saturated rings. The van der Waals surface area contributed by atoms with E-state index >= 15 is 0 Å². The fourth-order valence-electron chi connectivity index (χ4n) is 3.59. The highest BCUT2D eigenvalue weighted by Crippen LogP contribution is 2.35. The highest BCUT2D eigenvalue weighted by molar-refractivity contribution is 7.98. The predicted molar refractivity (Wildman–Crippen MR) is 110 cm³/mol. The molecule has 1 saturated carbocycles. The minimum absolute atomic E-state index is 0.0572. The van der Waals surface area contributed by atoms with Crippen molar-refractivity contribution in [1.82, 2.24) is 4.98 Å². The van der Waals surface area contributed by atoms with E-state index in [-0.39, 0.29) is 18.4 Å². The lowest BCUT2D eigenvalue weighted by molar-refractivity contribution is -0.118. The summed E-state index contributed by atoms with van der Waals surface area (Å²) in [6, 6.07) is 8.23. The maximum Gasteiger partial charge on any atom is 0.233 e. The maximum absolute atomic E-state index is 13.0. The maximum atomic E-state index is 13.0. The molecule has 1 aliphatic carbocycles. The number of hydrogen-bond donors (Lipinski definition) is 3. The van der Waals surface area contributed by atoms with Gasteiger partial charge in [0.1, 0.15) is 6.10 Å². The molecule has 1 aliphatic rings. The molecule has 146 valence electrons. The van der Waals surface area contributed by atoms with Gasteiger partial charge in [0, 0.05) is 10.3 Å². The van der Waals surface area contributed by atoms with Gasteiger partial charge in [0.2, 0.25) is 5.91 Å². The first-order valence-corrected chi connectivity index (χ1v) is 11.4. The van der Waals surface area contributed by atoms with Crippen LogP contribution in [0.5, 0.6) is 0 Å². The van der Waals surface area contributed by atoms with Crippen LogP contribution in [0.4, 0.5) is 5.13 Å².